The largest absolute Gasteiger partial charge is 0.492 e. The van der Waals surface area contributed by atoms with Crippen molar-refractivity contribution in [2.45, 2.75) is 52.6 Å². The molecule has 2 unspecified atom stereocenters. The third-order valence-electron chi connectivity index (χ3n) is 2.92. The van der Waals surface area contributed by atoms with E-state index in [1.54, 1.807) is 6.20 Å². The fraction of sp³-hybridized carbons (Fsp3) is 0.643. The zero-order chi connectivity index (χ0) is 12.8. The standard InChI is InChI=1S/C14H24N2O/c1-6-17-14-7-13(8-15-9-14)11(4)12(5)16-10(2)3/h7-12,16H,6H2,1-5H3. The van der Waals surface area contributed by atoms with E-state index in [4.69, 9.17) is 4.74 Å². The summed E-state index contributed by atoms with van der Waals surface area (Å²) in [5.74, 6) is 1.28. The van der Waals surface area contributed by atoms with Crippen LogP contribution in [0.3, 0.4) is 0 Å². The van der Waals surface area contributed by atoms with E-state index >= 15 is 0 Å². The summed E-state index contributed by atoms with van der Waals surface area (Å²) in [5.41, 5.74) is 1.22. The first kappa shape index (κ1) is 14.0. The Labute approximate surface area is 105 Å². The Kier molecular flexibility index (Phi) is 5.42. The van der Waals surface area contributed by atoms with Gasteiger partial charge in [0.2, 0.25) is 0 Å². The molecule has 3 nitrogen and oxygen atoms in total. The highest BCUT2D eigenvalue weighted by atomic mass is 16.5. The molecule has 0 aromatic carbocycles. The van der Waals surface area contributed by atoms with Crippen LogP contribution in [0.1, 0.15) is 46.1 Å². The molecule has 0 radical (unpaired) electrons. The SMILES string of the molecule is CCOc1cncc(C(C)C(C)NC(C)C)c1. The quantitative estimate of drug-likeness (QED) is 0.824. The van der Waals surface area contributed by atoms with Gasteiger partial charge in [-0.1, -0.05) is 20.8 Å². The van der Waals surface area contributed by atoms with E-state index in [0.29, 0.717) is 24.6 Å². The first-order chi connectivity index (χ1) is 8.04. The Bertz CT molecular complexity index is 339. The summed E-state index contributed by atoms with van der Waals surface area (Å²) in [7, 11) is 0. The van der Waals surface area contributed by atoms with Gasteiger partial charge in [-0.2, -0.15) is 0 Å². The first-order valence-corrected chi connectivity index (χ1v) is 6.38. The topological polar surface area (TPSA) is 34.1 Å². The highest BCUT2D eigenvalue weighted by Crippen LogP contribution is 2.22. The molecule has 0 aliphatic heterocycles. The van der Waals surface area contributed by atoms with Crippen molar-refractivity contribution in [3.05, 3.63) is 24.0 Å². The predicted octanol–water partition coefficient (Wildman–Crippen LogP) is 2.97. The minimum atomic E-state index is 0.422. The van der Waals surface area contributed by atoms with Gasteiger partial charge in [0.25, 0.3) is 0 Å². The highest BCUT2D eigenvalue weighted by Gasteiger charge is 2.15. The van der Waals surface area contributed by atoms with E-state index in [2.05, 4.69) is 44.1 Å². The third-order valence-corrected chi connectivity index (χ3v) is 2.92. The summed E-state index contributed by atoms with van der Waals surface area (Å²) in [6.07, 6.45) is 3.69. The van der Waals surface area contributed by atoms with E-state index < -0.39 is 0 Å². The van der Waals surface area contributed by atoms with Crippen LogP contribution in [-0.2, 0) is 0 Å². The maximum absolute atomic E-state index is 5.47. The van der Waals surface area contributed by atoms with E-state index in [9.17, 15) is 0 Å². The molecule has 1 aromatic rings. The smallest absolute Gasteiger partial charge is 0.137 e. The minimum absolute atomic E-state index is 0.422. The summed E-state index contributed by atoms with van der Waals surface area (Å²) in [5, 5.41) is 3.52. The Morgan fingerprint density at radius 1 is 1.24 bits per heavy atom. The zero-order valence-corrected chi connectivity index (χ0v) is 11.5. The van der Waals surface area contributed by atoms with Crippen LogP contribution in [0.4, 0.5) is 0 Å². The maximum atomic E-state index is 5.47. The lowest BCUT2D eigenvalue weighted by molar-refractivity contribution is 0.337. The molecule has 0 bridgehead atoms. The van der Waals surface area contributed by atoms with Gasteiger partial charge in [0, 0.05) is 18.3 Å². The Balaban J connectivity index is 2.73. The van der Waals surface area contributed by atoms with Gasteiger partial charge in [0.15, 0.2) is 0 Å². The van der Waals surface area contributed by atoms with Gasteiger partial charge >= 0.3 is 0 Å². The Hall–Kier alpha value is -1.09. The summed E-state index contributed by atoms with van der Waals surface area (Å²) in [6.45, 7) is 11.4. The van der Waals surface area contributed by atoms with Crippen LogP contribution < -0.4 is 10.1 Å². The van der Waals surface area contributed by atoms with Crippen molar-refractivity contribution in [3.63, 3.8) is 0 Å². The molecule has 0 saturated carbocycles. The average molecular weight is 236 g/mol. The lowest BCUT2D eigenvalue weighted by atomic mass is 9.95. The number of ether oxygens (including phenoxy) is 1. The molecule has 1 aromatic heterocycles. The maximum Gasteiger partial charge on any atom is 0.137 e. The van der Waals surface area contributed by atoms with Crippen LogP contribution >= 0.6 is 0 Å². The zero-order valence-electron chi connectivity index (χ0n) is 11.5. The second kappa shape index (κ2) is 6.60. The molecule has 0 amide bonds. The molecule has 0 saturated heterocycles. The number of aromatic nitrogens is 1. The van der Waals surface area contributed by atoms with Gasteiger partial charge in [-0.05, 0) is 31.4 Å². The second-order valence-electron chi connectivity index (χ2n) is 4.79. The van der Waals surface area contributed by atoms with Gasteiger partial charge in [0.05, 0.1) is 12.8 Å². The van der Waals surface area contributed by atoms with Crippen LogP contribution in [0.2, 0.25) is 0 Å². The Morgan fingerprint density at radius 3 is 2.53 bits per heavy atom. The van der Waals surface area contributed by atoms with Crippen LogP contribution in [0, 0.1) is 0 Å². The van der Waals surface area contributed by atoms with E-state index in [1.165, 1.54) is 5.56 Å². The number of hydrogen-bond donors (Lipinski definition) is 1. The van der Waals surface area contributed by atoms with Crippen molar-refractivity contribution in [3.8, 4) is 5.75 Å². The molecule has 96 valence electrons. The van der Waals surface area contributed by atoms with Crippen molar-refractivity contribution in [2.75, 3.05) is 6.61 Å². The van der Waals surface area contributed by atoms with Crippen molar-refractivity contribution < 1.29 is 4.74 Å². The summed E-state index contributed by atoms with van der Waals surface area (Å²) in [4.78, 5) is 4.23. The molecular weight excluding hydrogens is 212 g/mol. The molecule has 0 fully saturated rings. The lowest BCUT2D eigenvalue weighted by Gasteiger charge is -2.24. The highest BCUT2D eigenvalue weighted by molar-refractivity contribution is 5.26. The van der Waals surface area contributed by atoms with Crippen LogP contribution in [0.15, 0.2) is 18.5 Å². The van der Waals surface area contributed by atoms with E-state index in [1.807, 2.05) is 13.1 Å². The van der Waals surface area contributed by atoms with Crippen LogP contribution in [0.25, 0.3) is 0 Å². The molecule has 0 spiro atoms. The normalized spacial score (nSPS) is 14.7. The molecule has 1 N–H and O–H groups in total. The molecule has 1 rings (SSSR count). The molecule has 2 atom stereocenters. The van der Waals surface area contributed by atoms with Crippen molar-refractivity contribution in [1.82, 2.24) is 10.3 Å². The molecule has 0 aliphatic carbocycles. The van der Waals surface area contributed by atoms with Gasteiger partial charge < -0.3 is 10.1 Å². The van der Waals surface area contributed by atoms with Gasteiger partial charge in [0.1, 0.15) is 5.75 Å². The lowest BCUT2D eigenvalue weighted by Crippen LogP contribution is -2.36. The molecular formula is C14H24N2O. The van der Waals surface area contributed by atoms with Crippen molar-refractivity contribution >= 4 is 0 Å². The fourth-order valence-corrected chi connectivity index (χ4v) is 1.89. The summed E-state index contributed by atoms with van der Waals surface area (Å²) < 4.78 is 5.47. The Morgan fingerprint density at radius 2 is 1.94 bits per heavy atom. The van der Waals surface area contributed by atoms with Crippen LogP contribution in [0.5, 0.6) is 5.75 Å². The summed E-state index contributed by atoms with van der Waals surface area (Å²) >= 11 is 0. The molecule has 1 heterocycles. The monoisotopic (exact) mass is 236 g/mol. The van der Waals surface area contributed by atoms with Crippen LogP contribution in [-0.4, -0.2) is 23.7 Å². The number of nitrogens with zero attached hydrogens (tertiary/aromatic N) is 1. The van der Waals surface area contributed by atoms with E-state index in [-0.39, 0.29) is 0 Å². The number of hydrogen-bond acceptors (Lipinski definition) is 3. The first-order valence-electron chi connectivity index (χ1n) is 6.38. The van der Waals surface area contributed by atoms with Gasteiger partial charge in [-0.15, -0.1) is 0 Å². The fourth-order valence-electron chi connectivity index (χ4n) is 1.89. The van der Waals surface area contributed by atoms with Gasteiger partial charge in [-0.3, -0.25) is 4.98 Å². The third kappa shape index (κ3) is 4.35. The second-order valence-corrected chi connectivity index (χ2v) is 4.79. The number of nitrogens with one attached hydrogen (secondary N) is 1. The predicted molar refractivity (Wildman–Crippen MR) is 71.6 cm³/mol. The summed E-state index contributed by atoms with van der Waals surface area (Å²) in [6, 6.07) is 3.00. The molecule has 0 aliphatic rings. The van der Waals surface area contributed by atoms with Gasteiger partial charge in [-0.25, -0.2) is 0 Å². The van der Waals surface area contributed by atoms with Crippen molar-refractivity contribution in [2.24, 2.45) is 0 Å². The molecule has 3 heteroatoms. The van der Waals surface area contributed by atoms with E-state index in [0.717, 1.165) is 5.75 Å². The molecule has 17 heavy (non-hydrogen) atoms. The number of rotatable bonds is 6. The average Bonchev–Trinajstić information content (AvgIpc) is 2.28. The van der Waals surface area contributed by atoms with Crippen molar-refractivity contribution in [1.29, 1.82) is 0 Å². The minimum Gasteiger partial charge on any atom is -0.492 e. The number of pyridine rings is 1.